The van der Waals surface area contributed by atoms with Gasteiger partial charge in [0.05, 0.1) is 23.9 Å². The number of anilines is 1. The summed E-state index contributed by atoms with van der Waals surface area (Å²) in [4.78, 5) is 12.7. The zero-order chi connectivity index (χ0) is 24.9. The number of rotatable bonds is 8. The minimum absolute atomic E-state index is 0.0287. The van der Waals surface area contributed by atoms with E-state index in [1.807, 2.05) is 6.92 Å². The molecule has 1 amide bonds. The Kier molecular flexibility index (Phi) is 7.80. The largest absolute Gasteiger partial charge is 0.504 e. The number of aromatic hydroxyl groups is 1. The van der Waals surface area contributed by atoms with E-state index in [4.69, 9.17) is 16.3 Å². The summed E-state index contributed by atoms with van der Waals surface area (Å²) in [5.41, 5.74) is 4.73. The highest BCUT2D eigenvalue weighted by Crippen LogP contribution is 2.29. The first kappa shape index (κ1) is 25.1. The van der Waals surface area contributed by atoms with Crippen LogP contribution in [0.25, 0.3) is 0 Å². The maximum absolute atomic E-state index is 13.5. The number of hydrogen-bond donors (Lipinski definition) is 2. The van der Waals surface area contributed by atoms with Gasteiger partial charge in [-0.1, -0.05) is 29.3 Å². The van der Waals surface area contributed by atoms with Crippen LogP contribution in [0.1, 0.15) is 16.7 Å². The molecule has 0 aliphatic heterocycles. The van der Waals surface area contributed by atoms with Crippen LogP contribution in [0, 0.1) is 13.8 Å². The highest BCUT2D eigenvalue weighted by molar-refractivity contribution is 7.92. The topological polar surface area (TPSA) is 108 Å². The average Bonchev–Trinajstić information content (AvgIpc) is 2.79. The number of sulfonamides is 1. The molecule has 0 aromatic heterocycles. The van der Waals surface area contributed by atoms with Crippen LogP contribution >= 0.6 is 11.6 Å². The molecule has 10 heteroatoms. The number of benzene rings is 3. The third kappa shape index (κ3) is 5.86. The monoisotopic (exact) mass is 501 g/mol. The number of phenolic OH excluding ortho intramolecular Hbond substituents is 1. The number of halogens is 1. The molecular weight excluding hydrogens is 478 g/mol. The first-order valence-corrected chi connectivity index (χ1v) is 12.0. The van der Waals surface area contributed by atoms with Crippen LogP contribution in [0.5, 0.6) is 11.5 Å². The van der Waals surface area contributed by atoms with Crippen molar-refractivity contribution in [3.05, 3.63) is 82.4 Å². The van der Waals surface area contributed by atoms with E-state index in [0.29, 0.717) is 21.8 Å². The molecule has 3 aromatic carbocycles. The number of methoxy groups -OCH3 is 1. The highest BCUT2D eigenvalue weighted by atomic mass is 35.5. The van der Waals surface area contributed by atoms with Gasteiger partial charge >= 0.3 is 0 Å². The number of aryl methyl sites for hydroxylation is 2. The summed E-state index contributed by atoms with van der Waals surface area (Å²) in [5, 5.41) is 14.0. The van der Waals surface area contributed by atoms with Crippen molar-refractivity contribution in [2.45, 2.75) is 18.7 Å². The van der Waals surface area contributed by atoms with E-state index in [-0.39, 0.29) is 16.4 Å². The Bertz CT molecular complexity index is 1320. The molecule has 0 radical (unpaired) electrons. The summed E-state index contributed by atoms with van der Waals surface area (Å²) in [7, 11) is -2.64. The predicted molar refractivity (Wildman–Crippen MR) is 132 cm³/mol. The molecule has 3 rings (SSSR count). The van der Waals surface area contributed by atoms with Gasteiger partial charge in [-0.2, -0.15) is 5.10 Å². The van der Waals surface area contributed by atoms with E-state index in [1.165, 1.54) is 37.6 Å². The maximum atomic E-state index is 13.5. The lowest BCUT2D eigenvalue weighted by molar-refractivity contribution is -0.119. The van der Waals surface area contributed by atoms with Gasteiger partial charge in [0.15, 0.2) is 11.5 Å². The van der Waals surface area contributed by atoms with Gasteiger partial charge in [-0.3, -0.25) is 9.10 Å². The molecule has 0 aliphatic rings. The molecular formula is C24H24ClN3O5S. The van der Waals surface area contributed by atoms with E-state index in [0.717, 1.165) is 9.87 Å². The smallest absolute Gasteiger partial charge is 0.264 e. The Morgan fingerprint density at radius 3 is 2.47 bits per heavy atom. The van der Waals surface area contributed by atoms with Crippen molar-refractivity contribution in [1.29, 1.82) is 0 Å². The second kappa shape index (κ2) is 10.6. The molecule has 0 spiro atoms. The van der Waals surface area contributed by atoms with E-state index >= 15 is 0 Å². The number of ether oxygens (including phenoxy) is 1. The van der Waals surface area contributed by atoms with E-state index in [9.17, 15) is 18.3 Å². The van der Waals surface area contributed by atoms with Gasteiger partial charge in [0, 0.05) is 5.02 Å². The van der Waals surface area contributed by atoms with Gasteiger partial charge in [0.2, 0.25) is 0 Å². The minimum Gasteiger partial charge on any atom is -0.504 e. The molecule has 178 valence electrons. The van der Waals surface area contributed by atoms with Gasteiger partial charge in [-0.05, 0) is 73.5 Å². The minimum atomic E-state index is -4.06. The van der Waals surface area contributed by atoms with Crippen LogP contribution in [-0.2, 0) is 14.8 Å². The standard InChI is InChI=1S/C24H24ClN3O5S/c1-16-4-8-20(9-5-16)34(31,32)28(21-10-7-19(25)12-17(21)2)15-24(30)27-26-14-18-6-11-22(29)23(13-18)33-3/h4-14,29H,15H2,1-3H3,(H,27,30)/b26-14-. The van der Waals surface area contributed by atoms with Crippen molar-refractivity contribution in [1.82, 2.24) is 5.43 Å². The Morgan fingerprint density at radius 2 is 1.82 bits per heavy atom. The molecule has 0 unspecified atom stereocenters. The van der Waals surface area contributed by atoms with E-state index in [2.05, 4.69) is 10.5 Å². The zero-order valence-corrected chi connectivity index (χ0v) is 20.4. The normalized spacial score (nSPS) is 11.4. The fourth-order valence-electron chi connectivity index (χ4n) is 3.15. The fourth-order valence-corrected chi connectivity index (χ4v) is 4.87. The number of hydrazone groups is 1. The molecule has 8 nitrogen and oxygen atoms in total. The van der Waals surface area contributed by atoms with Crippen LogP contribution in [0.4, 0.5) is 5.69 Å². The Morgan fingerprint density at radius 1 is 1.12 bits per heavy atom. The molecule has 0 atom stereocenters. The number of carbonyl (C=O) groups excluding carboxylic acids is 1. The average molecular weight is 502 g/mol. The quantitative estimate of drug-likeness (QED) is 0.358. The van der Waals surface area contributed by atoms with Crippen molar-refractivity contribution in [3.63, 3.8) is 0 Å². The maximum Gasteiger partial charge on any atom is 0.264 e. The Labute approximate surface area is 203 Å². The third-order valence-electron chi connectivity index (χ3n) is 4.93. The summed E-state index contributed by atoms with van der Waals surface area (Å²) in [6.45, 7) is 3.06. The molecule has 0 bridgehead atoms. The van der Waals surface area contributed by atoms with Gasteiger partial charge in [0.25, 0.3) is 15.9 Å². The summed E-state index contributed by atoms with van der Waals surface area (Å²) >= 11 is 6.04. The number of amides is 1. The predicted octanol–water partition coefficient (Wildman–Crippen LogP) is 4.02. The van der Waals surface area contributed by atoms with Crippen LogP contribution in [0.15, 0.2) is 70.7 Å². The van der Waals surface area contributed by atoms with Crippen molar-refractivity contribution < 1.29 is 23.1 Å². The number of nitrogens with one attached hydrogen (secondary N) is 1. The lowest BCUT2D eigenvalue weighted by Gasteiger charge is -2.25. The number of phenols is 1. The molecule has 0 heterocycles. The van der Waals surface area contributed by atoms with Gasteiger partial charge in [0.1, 0.15) is 6.54 Å². The lowest BCUT2D eigenvalue weighted by Crippen LogP contribution is -2.40. The Balaban J connectivity index is 1.86. The molecule has 0 saturated heterocycles. The molecule has 34 heavy (non-hydrogen) atoms. The van der Waals surface area contributed by atoms with Crippen molar-refractivity contribution in [2.75, 3.05) is 18.0 Å². The summed E-state index contributed by atoms with van der Waals surface area (Å²) < 4.78 is 33.0. The van der Waals surface area contributed by atoms with Crippen molar-refractivity contribution >= 4 is 39.4 Å². The molecule has 3 aromatic rings. The van der Waals surface area contributed by atoms with Crippen LogP contribution in [0.2, 0.25) is 5.02 Å². The zero-order valence-electron chi connectivity index (χ0n) is 18.8. The summed E-state index contributed by atoms with van der Waals surface area (Å²) in [6, 6.07) is 15.7. The Hall–Kier alpha value is -3.56. The first-order chi connectivity index (χ1) is 16.1. The van der Waals surface area contributed by atoms with Crippen LogP contribution < -0.4 is 14.5 Å². The summed E-state index contributed by atoms with van der Waals surface area (Å²) in [6.07, 6.45) is 1.35. The van der Waals surface area contributed by atoms with Gasteiger partial charge in [-0.15, -0.1) is 0 Å². The number of hydrogen-bond acceptors (Lipinski definition) is 6. The second-order valence-electron chi connectivity index (χ2n) is 7.48. The molecule has 2 N–H and O–H groups in total. The first-order valence-electron chi connectivity index (χ1n) is 10.2. The van der Waals surface area contributed by atoms with Crippen LogP contribution in [0.3, 0.4) is 0 Å². The van der Waals surface area contributed by atoms with Crippen molar-refractivity contribution in [2.24, 2.45) is 5.10 Å². The molecule has 0 fully saturated rings. The van der Waals surface area contributed by atoms with E-state index in [1.54, 1.807) is 43.3 Å². The second-order valence-corrected chi connectivity index (χ2v) is 9.78. The highest BCUT2D eigenvalue weighted by Gasteiger charge is 2.28. The van der Waals surface area contributed by atoms with Gasteiger partial charge in [-0.25, -0.2) is 13.8 Å². The number of carbonyl (C=O) groups is 1. The fraction of sp³-hybridized carbons (Fsp3) is 0.167. The third-order valence-corrected chi connectivity index (χ3v) is 6.94. The molecule has 0 aliphatic carbocycles. The SMILES string of the molecule is COc1cc(/C=N\NC(=O)CN(c2ccc(Cl)cc2C)S(=O)(=O)c2ccc(C)cc2)ccc1O. The molecule has 0 saturated carbocycles. The summed E-state index contributed by atoms with van der Waals surface area (Å²) in [5.74, 6) is -0.421. The van der Waals surface area contributed by atoms with Crippen molar-refractivity contribution in [3.8, 4) is 11.5 Å². The van der Waals surface area contributed by atoms with E-state index < -0.39 is 22.5 Å². The number of nitrogens with zero attached hydrogens (tertiary/aromatic N) is 2. The van der Waals surface area contributed by atoms with Crippen LogP contribution in [-0.4, -0.2) is 39.3 Å². The van der Waals surface area contributed by atoms with Gasteiger partial charge < -0.3 is 9.84 Å². The lowest BCUT2D eigenvalue weighted by atomic mass is 10.2.